The van der Waals surface area contributed by atoms with Crippen LogP contribution in [-0.4, -0.2) is 29.6 Å². The minimum Gasteiger partial charge on any atom is -0.465 e. The predicted molar refractivity (Wildman–Crippen MR) is 64.2 cm³/mol. The van der Waals surface area contributed by atoms with Crippen LogP contribution in [0.3, 0.4) is 0 Å². The molecule has 0 rings (SSSR count). The molecule has 0 unspecified atom stereocenters. The minimum absolute atomic E-state index is 0.182. The highest BCUT2D eigenvalue weighted by Gasteiger charge is 1.98. The maximum Gasteiger partial charge on any atom is 0.316 e. The highest BCUT2D eigenvalue weighted by molar-refractivity contribution is 9.09. The largest absolute Gasteiger partial charge is 0.465 e. The summed E-state index contributed by atoms with van der Waals surface area (Å²) in [6, 6.07) is 0. The number of unbranched alkanes of at least 4 members (excludes halogenated alkanes) is 6. The van der Waals surface area contributed by atoms with Gasteiger partial charge in [0.2, 0.25) is 0 Å². The lowest BCUT2D eigenvalue weighted by Crippen LogP contribution is -2.06. The molecule has 0 radical (unpaired) electrons. The van der Waals surface area contributed by atoms with Gasteiger partial charge in [-0.05, 0) is 12.8 Å². The van der Waals surface area contributed by atoms with Crippen LogP contribution in [0.1, 0.15) is 44.9 Å². The number of carbonyl (C=O) groups is 1. The van der Waals surface area contributed by atoms with Crippen molar-refractivity contribution >= 4 is 21.9 Å². The molecule has 0 heterocycles. The molecule has 0 atom stereocenters. The van der Waals surface area contributed by atoms with Crippen LogP contribution in [0, 0.1) is 0 Å². The number of aliphatic hydroxyl groups excluding tert-OH is 1. The van der Waals surface area contributed by atoms with E-state index in [1.54, 1.807) is 0 Å². The zero-order valence-electron chi connectivity index (χ0n) is 9.21. The van der Waals surface area contributed by atoms with Crippen LogP contribution >= 0.6 is 15.9 Å². The smallest absolute Gasteiger partial charge is 0.316 e. The molecule has 0 aliphatic rings. The summed E-state index contributed by atoms with van der Waals surface area (Å²) in [5, 5.41) is 8.85. The highest BCUT2D eigenvalue weighted by atomic mass is 79.9. The zero-order chi connectivity index (χ0) is 11.4. The molecule has 0 spiro atoms. The molecule has 0 saturated carbocycles. The number of halogens is 1. The Bertz CT molecular complexity index is 151. The predicted octanol–water partition coefficient (Wildman–Crippen LogP) is 2.65. The molecule has 0 aliphatic carbocycles. The van der Waals surface area contributed by atoms with E-state index in [2.05, 4.69) is 15.9 Å². The molecule has 0 fully saturated rings. The van der Waals surface area contributed by atoms with E-state index < -0.39 is 0 Å². The number of aliphatic hydroxyl groups is 1. The van der Waals surface area contributed by atoms with Gasteiger partial charge >= 0.3 is 5.97 Å². The maximum absolute atomic E-state index is 10.7. The van der Waals surface area contributed by atoms with Crippen LogP contribution in [-0.2, 0) is 9.53 Å². The van der Waals surface area contributed by atoms with Crippen molar-refractivity contribution in [2.24, 2.45) is 0 Å². The van der Waals surface area contributed by atoms with Gasteiger partial charge in [-0.3, -0.25) is 4.79 Å². The molecule has 0 aromatic carbocycles. The van der Waals surface area contributed by atoms with E-state index in [1.807, 2.05) is 0 Å². The lowest BCUT2D eigenvalue weighted by Gasteiger charge is -2.02. The van der Waals surface area contributed by atoms with E-state index in [1.165, 1.54) is 19.3 Å². The molecule has 4 heteroatoms. The SMILES string of the molecule is O=C(CBr)OCCCCCCCCCO. The molecule has 0 aliphatic heterocycles. The number of hydrogen-bond acceptors (Lipinski definition) is 3. The van der Waals surface area contributed by atoms with Crippen molar-refractivity contribution < 1.29 is 14.6 Å². The molecule has 90 valence electrons. The molecule has 0 amide bonds. The Hall–Kier alpha value is -0.0900. The second-order valence-electron chi connectivity index (χ2n) is 3.55. The number of hydrogen-bond donors (Lipinski definition) is 1. The van der Waals surface area contributed by atoms with Gasteiger partial charge in [-0.2, -0.15) is 0 Å². The van der Waals surface area contributed by atoms with E-state index in [0.29, 0.717) is 13.2 Å². The summed E-state index contributed by atoms with van der Waals surface area (Å²) in [6.07, 6.45) is 7.72. The Kier molecular flexibility index (Phi) is 11.9. The number of esters is 1. The Morgan fingerprint density at radius 1 is 1.00 bits per heavy atom. The van der Waals surface area contributed by atoms with Crippen LogP contribution in [0.25, 0.3) is 0 Å². The molecule has 15 heavy (non-hydrogen) atoms. The van der Waals surface area contributed by atoms with E-state index in [0.717, 1.165) is 25.7 Å². The molecular formula is C11H21BrO3. The van der Waals surface area contributed by atoms with Gasteiger partial charge in [0.25, 0.3) is 0 Å². The first kappa shape index (κ1) is 14.9. The number of carbonyl (C=O) groups excluding carboxylic acids is 1. The Morgan fingerprint density at radius 2 is 1.53 bits per heavy atom. The summed E-state index contributed by atoms with van der Waals surface area (Å²) in [5.41, 5.74) is 0. The molecule has 0 saturated heterocycles. The summed E-state index contributed by atoms with van der Waals surface area (Å²) in [6.45, 7) is 0.851. The highest BCUT2D eigenvalue weighted by Crippen LogP contribution is 2.06. The first-order chi connectivity index (χ1) is 7.31. The van der Waals surface area contributed by atoms with Gasteiger partial charge in [-0.15, -0.1) is 0 Å². The number of rotatable bonds is 10. The first-order valence-electron chi connectivity index (χ1n) is 5.63. The van der Waals surface area contributed by atoms with Crippen molar-refractivity contribution in [2.45, 2.75) is 44.9 Å². The summed E-state index contributed by atoms with van der Waals surface area (Å²) in [7, 11) is 0. The second-order valence-corrected chi connectivity index (χ2v) is 4.11. The Balaban J connectivity index is 2.95. The van der Waals surface area contributed by atoms with Gasteiger partial charge in [0.15, 0.2) is 0 Å². The van der Waals surface area contributed by atoms with Crippen LogP contribution in [0.4, 0.5) is 0 Å². The molecule has 0 bridgehead atoms. The average molecular weight is 281 g/mol. The van der Waals surface area contributed by atoms with Crippen molar-refractivity contribution in [1.29, 1.82) is 0 Å². The molecule has 1 N–H and O–H groups in total. The lowest BCUT2D eigenvalue weighted by molar-refractivity contribution is -0.140. The average Bonchev–Trinajstić information content (AvgIpc) is 2.26. The number of ether oxygens (including phenoxy) is 1. The molecular weight excluding hydrogens is 260 g/mol. The van der Waals surface area contributed by atoms with Crippen LogP contribution in [0.5, 0.6) is 0 Å². The molecule has 0 aromatic rings. The van der Waals surface area contributed by atoms with Gasteiger partial charge in [0, 0.05) is 6.61 Å². The lowest BCUT2D eigenvalue weighted by atomic mass is 10.1. The monoisotopic (exact) mass is 280 g/mol. The summed E-state index contributed by atoms with van der Waals surface area (Å²) in [4.78, 5) is 10.7. The minimum atomic E-state index is -0.182. The van der Waals surface area contributed by atoms with Crippen molar-refractivity contribution in [3.05, 3.63) is 0 Å². The fourth-order valence-corrected chi connectivity index (χ4v) is 1.48. The van der Waals surface area contributed by atoms with E-state index >= 15 is 0 Å². The van der Waals surface area contributed by atoms with Gasteiger partial charge < -0.3 is 9.84 Å². The standard InChI is InChI=1S/C11H21BrO3/c12-10-11(14)15-9-7-5-3-1-2-4-6-8-13/h13H,1-10H2. The van der Waals surface area contributed by atoms with Crippen molar-refractivity contribution in [3.8, 4) is 0 Å². The number of alkyl halides is 1. The van der Waals surface area contributed by atoms with Crippen molar-refractivity contribution in [2.75, 3.05) is 18.5 Å². The Labute approximate surface area is 100 Å². The van der Waals surface area contributed by atoms with E-state index in [-0.39, 0.29) is 11.3 Å². The quantitative estimate of drug-likeness (QED) is 0.380. The van der Waals surface area contributed by atoms with Gasteiger partial charge in [-0.25, -0.2) is 0 Å². The third-order valence-corrected chi connectivity index (χ3v) is 2.63. The van der Waals surface area contributed by atoms with Gasteiger partial charge in [0.1, 0.15) is 5.33 Å². The van der Waals surface area contributed by atoms with Crippen molar-refractivity contribution in [1.82, 2.24) is 0 Å². The topological polar surface area (TPSA) is 46.5 Å². The zero-order valence-corrected chi connectivity index (χ0v) is 10.8. The third kappa shape index (κ3) is 11.8. The fourth-order valence-electron chi connectivity index (χ4n) is 1.32. The van der Waals surface area contributed by atoms with Gasteiger partial charge in [-0.1, -0.05) is 48.0 Å². The molecule has 3 nitrogen and oxygen atoms in total. The molecule has 0 aromatic heterocycles. The van der Waals surface area contributed by atoms with Crippen molar-refractivity contribution in [3.63, 3.8) is 0 Å². The van der Waals surface area contributed by atoms with E-state index in [4.69, 9.17) is 9.84 Å². The van der Waals surface area contributed by atoms with Gasteiger partial charge in [0.05, 0.1) is 6.61 Å². The van der Waals surface area contributed by atoms with Crippen LogP contribution < -0.4 is 0 Å². The first-order valence-corrected chi connectivity index (χ1v) is 6.76. The third-order valence-electron chi connectivity index (χ3n) is 2.17. The second kappa shape index (κ2) is 12.0. The van der Waals surface area contributed by atoms with Crippen LogP contribution in [0.2, 0.25) is 0 Å². The Morgan fingerprint density at radius 3 is 2.07 bits per heavy atom. The fraction of sp³-hybridized carbons (Fsp3) is 0.909. The van der Waals surface area contributed by atoms with E-state index in [9.17, 15) is 4.79 Å². The normalized spacial score (nSPS) is 10.3. The maximum atomic E-state index is 10.7. The van der Waals surface area contributed by atoms with Crippen LogP contribution in [0.15, 0.2) is 0 Å². The summed E-state index contributed by atoms with van der Waals surface area (Å²) in [5.74, 6) is -0.182. The summed E-state index contributed by atoms with van der Waals surface area (Å²) < 4.78 is 4.92. The summed E-state index contributed by atoms with van der Waals surface area (Å²) >= 11 is 3.04.